The highest BCUT2D eigenvalue weighted by molar-refractivity contribution is 5.98. The van der Waals surface area contributed by atoms with Crippen LogP contribution < -0.4 is 0 Å². The number of aromatic nitrogens is 1. The van der Waals surface area contributed by atoms with Crippen LogP contribution in [0, 0.1) is 0 Å². The number of rotatable bonds is 3. The molecule has 1 saturated carbocycles. The fourth-order valence-corrected chi connectivity index (χ4v) is 2.32. The van der Waals surface area contributed by atoms with Gasteiger partial charge in [-0.2, -0.15) is 0 Å². The highest BCUT2D eigenvalue weighted by Gasteiger charge is 2.30. The molecule has 1 aliphatic rings. The van der Waals surface area contributed by atoms with E-state index in [1.54, 1.807) is 25.1 Å². The van der Waals surface area contributed by atoms with E-state index in [9.17, 15) is 9.90 Å². The van der Waals surface area contributed by atoms with Crippen LogP contribution >= 0.6 is 0 Å². The van der Waals surface area contributed by atoms with Crippen LogP contribution in [0.3, 0.4) is 0 Å². The second kappa shape index (κ2) is 4.05. The Balaban J connectivity index is 2.20. The molecule has 0 unspecified atom stereocenters. The SMILES string of the molecule is CCOC(=O)c1cc2c(O)cccc2n1C1CC1. The van der Waals surface area contributed by atoms with Crippen molar-refractivity contribution in [1.29, 1.82) is 0 Å². The summed E-state index contributed by atoms with van der Waals surface area (Å²) >= 11 is 0. The van der Waals surface area contributed by atoms with Crippen molar-refractivity contribution in [1.82, 2.24) is 4.57 Å². The van der Waals surface area contributed by atoms with Crippen LogP contribution in [0.1, 0.15) is 36.3 Å². The summed E-state index contributed by atoms with van der Waals surface area (Å²) in [5.41, 5.74) is 1.44. The summed E-state index contributed by atoms with van der Waals surface area (Å²) in [6, 6.07) is 7.44. The highest BCUT2D eigenvalue weighted by atomic mass is 16.5. The molecular formula is C14H15NO3. The Bertz CT molecular complexity index is 611. The third kappa shape index (κ3) is 1.65. The second-order valence-electron chi connectivity index (χ2n) is 4.56. The molecule has 18 heavy (non-hydrogen) atoms. The summed E-state index contributed by atoms with van der Waals surface area (Å²) in [7, 11) is 0. The van der Waals surface area contributed by atoms with Crippen molar-refractivity contribution >= 4 is 16.9 Å². The lowest BCUT2D eigenvalue weighted by molar-refractivity contribution is 0.0514. The molecule has 0 saturated heterocycles. The van der Waals surface area contributed by atoms with Crippen molar-refractivity contribution in [2.75, 3.05) is 6.61 Å². The summed E-state index contributed by atoms with van der Waals surface area (Å²) in [4.78, 5) is 12.0. The first-order chi connectivity index (χ1) is 8.72. The number of hydrogen-bond donors (Lipinski definition) is 1. The number of hydrogen-bond acceptors (Lipinski definition) is 3. The van der Waals surface area contributed by atoms with Crippen molar-refractivity contribution in [2.24, 2.45) is 0 Å². The average Bonchev–Trinajstić information content (AvgIpc) is 3.10. The van der Waals surface area contributed by atoms with Crippen molar-refractivity contribution in [3.63, 3.8) is 0 Å². The van der Waals surface area contributed by atoms with Crippen molar-refractivity contribution < 1.29 is 14.6 Å². The Morgan fingerprint density at radius 2 is 2.28 bits per heavy atom. The largest absolute Gasteiger partial charge is 0.507 e. The van der Waals surface area contributed by atoms with Gasteiger partial charge in [0.1, 0.15) is 11.4 Å². The number of esters is 1. The molecule has 1 aromatic heterocycles. The molecule has 4 heteroatoms. The zero-order chi connectivity index (χ0) is 12.7. The van der Waals surface area contributed by atoms with Crippen LogP contribution in [0.5, 0.6) is 5.75 Å². The van der Waals surface area contributed by atoms with Crippen molar-refractivity contribution in [3.05, 3.63) is 30.0 Å². The standard InChI is InChI=1S/C14H15NO3/c1-2-18-14(17)12-8-10-11(4-3-5-13(10)16)15(12)9-6-7-9/h3-5,8-9,16H,2,6-7H2,1H3. The summed E-state index contributed by atoms with van der Waals surface area (Å²) in [5, 5.41) is 10.6. The molecule has 1 N–H and O–H groups in total. The van der Waals surface area contributed by atoms with Gasteiger partial charge < -0.3 is 14.4 Å². The number of carbonyl (C=O) groups is 1. The van der Waals surface area contributed by atoms with Gasteiger partial charge in [-0.3, -0.25) is 0 Å². The smallest absolute Gasteiger partial charge is 0.354 e. The van der Waals surface area contributed by atoms with E-state index in [1.165, 1.54) is 0 Å². The molecule has 0 spiro atoms. The summed E-state index contributed by atoms with van der Waals surface area (Å²) in [5.74, 6) is -0.113. The van der Waals surface area contributed by atoms with Gasteiger partial charge in [0.25, 0.3) is 0 Å². The monoisotopic (exact) mass is 245 g/mol. The Morgan fingerprint density at radius 3 is 2.94 bits per heavy atom. The number of ether oxygens (including phenoxy) is 1. The molecule has 0 radical (unpaired) electrons. The Kier molecular flexibility index (Phi) is 2.51. The van der Waals surface area contributed by atoms with E-state index in [1.807, 2.05) is 10.6 Å². The second-order valence-corrected chi connectivity index (χ2v) is 4.56. The van der Waals surface area contributed by atoms with Crippen LogP contribution in [0.15, 0.2) is 24.3 Å². The van der Waals surface area contributed by atoms with E-state index in [-0.39, 0.29) is 11.7 Å². The Hall–Kier alpha value is -1.97. The van der Waals surface area contributed by atoms with Gasteiger partial charge in [-0.15, -0.1) is 0 Å². The zero-order valence-corrected chi connectivity index (χ0v) is 10.2. The van der Waals surface area contributed by atoms with E-state index in [2.05, 4.69) is 0 Å². The number of phenols is 1. The summed E-state index contributed by atoms with van der Waals surface area (Å²) in [6.45, 7) is 2.15. The van der Waals surface area contributed by atoms with Crippen LogP contribution in [-0.2, 0) is 4.74 Å². The molecular weight excluding hydrogens is 230 g/mol. The van der Waals surface area contributed by atoms with E-state index < -0.39 is 0 Å². The third-order valence-electron chi connectivity index (χ3n) is 3.26. The van der Waals surface area contributed by atoms with E-state index in [0.717, 1.165) is 18.4 Å². The molecule has 0 aliphatic heterocycles. The van der Waals surface area contributed by atoms with Crippen LogP contribution in [0.4, 0.5) is 0 Å². The fourth-order valence-electron chi connectivity index (χ4n) is 2.32. The molecule has 1 heterocycles. The van der Waals surface area contributed by atoms with E-state index >= 15 is 0 Å². The van der Waals surface area contributed by atoms with Crippen molar-refractivity contribution in [3.8, 4) is 5.75 Å². The maximum absolute atomic E-state index is 12.0. The lowest BCUT2D eigenvalue weighted by atomic mass is 10.2. The third-order valence-corrected chi connectivity index (χ3v) is 3.26. The van der Waals surface area contributed by atoms with Crippen LogP contribution in [0.25, 0.3) is 10.9 Å². The molecule has 3 rings (SSSR count). The minimum Gasteiger partial charge on any atom is -0.507 e. The zero-order valence-electron chi connectivity index (χ0n) is 10.2. The van der Waals surface area contributed by atoms with Crippen LogP contribution in [0.2, 0.25) is 0 Å². The summed E-state index contributed by atoms with van der Waals surface area (Å²) in [6.07, 6.45) is 2.15. The number of fused-ring (bicyclic) bond motifs is 1. The predicted octanol–water partition coefficient (Wildman–Crippen LogP) is 2.86. The molecule has 2 aromatic rings. The van der Waals surface area contributed by atoms with Crippen molar-refractivity contribution in [2.45, 2.75) is 25.8 Å². The maximum atomic E-state index is 12.0. The first kappa shape index (κ1) is 11.1. The predicted molar refractivity (Wildman–Crippen MR) is 67.8 cm³/mol. The molecule has 94 valence electrons. The normalized spacial score (nSPS) is 14.9. The first-order valence-corrected chi connectivity index (χ1v) is 6.22. The molecule has 1 aromatic carbocycles. The summed E-state index contributed by atoms with van der Waals surface area (Å²) < 4.78 is 7.07. The Labute approximate surface area is 105 Å². The van der Waals surface area contributed by atoms with Gasteiger partial charge in [-0.05, 0) is 38.0 Å². The Morgan fingerprint density at radius 1 is 1.50 bits per heavy atom. The highest BCUT2D eigenvalue weighted by Crippen LogP contribution is 2.41. The molecule has 0 atom stereocenters. The first-order valence-electron chi connectivity index (χ1n) is 6.22. The molecule has 1 fully saturated rings. The van der Waals surface area contributed by atoms with E-state index in [0.29, 0.717) is 23.7 Å². The fraction of sp³-hybridized carbons (Fsp3) is 0.357. The number of carbonyl (C=O) groups excluding carboxylic acids is 1. The number of nitrogens with zero attached hydrogens (tertiary/aromatic N) is 1. The van der Waals surface area contributed by atoms with Crippen LogP contribution in [-0.4, -0.2) is 22.2 Å². The molecule has 1 aliphatic carbocycles. The molecule has 4 nitrogen and oxygen atoms in total. The average molecular weight is 245 g/mol. The number of benzene rings is 1. The van der Waals surface area contributed by atoms with Gasteiger partial charge in [0.15, 0.2) is 0 Å². The number of aromatic hydroxyl groups is 1. The minimum absolute atomic E-state index is 0.206. The molecule has 0 amide bonds. The van der Waals surface area contributed by atoms with E-state index in [4.69, 9.17) is 4.74 Å². The topological polar surface area (TPSA) is 51.5 Å². The lowest BCUT2D eigenvalue weighted by Crippen LogP contribution is -2.11. The van der Waals surface area contributed by atoms with Gasteiger partial charge in [-0.1, -0.05) is 6.07 Å². The quantitative estimate of drug-likeness (QED) is 0.846. The van der Waals surface area contributed by atoms with Gasteiger partial charge in [0.2, 0.25) is 0 Å². The van der Waals surface area contributed by atoms with Gasteiger partial charge in [0.05, 0.1) is 12.1 Å². The lowest BCUT2D eigenvalue weighted by Gasteiger charge is -2.08. The van der Waals surface area contributed by atoms with Gasteiger partial charge >= 0.3 is 5.97 Å². The van der Waals surface area contributed by atoms with Gasteiger partial charge in [-0.25, -0.2) is 4.79 Å². The molecule has 0 bridgehead atoms. The van der Waals surface area contributed by atoms with Gasteiger partial charge in [0, 0.05) is 11.4 Å². The number of phenolic OH excluding ortho intramolecular Hbond substituents is 1. The maximum Gasteiger partial charge on any atom is 0.354 e. The minimum atomic E-state index is -0.319.